The van der Waals surface area contributed by atoms with Crippen LogP contribution in [0, 0.1) is 6.92 Å². The summed E-state index contributed by atoms with van der Waals surface area (Å²) in [6.45, 7) is 2.03. The third-order valence-corrected chi connectivity index (χ3v) is 4.57. The summed E-state index contributed by atoms with van der Waals surface area (Å²) in [6.07, 6.45) is 4.83. The highest BCUT2D eigenvalue weighted by Crippen LogP contribution is 2.32. The molecule has 3 heterocycles. The van der Waals surface area contributed by atoms with Crippen molar-refractivity contribution < 1.29 is 9.21 Å². The van der Waals surface area contributed by atoms with Gasteiger partial charge in [0, 0.05) is 28.9 Å². The van der Waals surface area contributed by atoms with Crippen molar-refractivity contribution in [3.8, 4) is 22.6 Å². The number of carbonyl (C=O) groups excluding carboxylic acids is 1. The number of rotatable bonds is 4. The number of furan rings is 1. The van der Waals surface area contributed by atoms with Crippen molar-refractivity contribution in [3.05, 3.63) is 77.6 Å². The van der Waals surface area contributed by atoms with E-state index >= 15 is 0 Å². The van der Waals surface area contributed by atoms with Gasteiger partial charge in [-0.2, -0.15) is 0 Å². The fourth-order valence-corrected chi connectivity index (χ4v) is 3.21. The van der Waals surface area contributed by atoms with E-state index in [4.69, 9.17) is 4.42 Å². The van der Waals surface area contributed by atoms with E-state index in [-0.39, 0.29) is 5.91 Å². The molecule has 0 saturated carbocycles. The maximum Gasteiger partial charge on any atom is 0.259 e. The molecule has 128 valence electrons. The Morgan fingerprint density at radius 1 is 1.15 bits per heavy atom. The summed E-state index contributed by atoms with van der Waals surface area (Å²) in [5, 5.41) is 5.14. The first-order chi connectivity index (χ1) is 12.7. The predicted octanol–water partition coefficient (Wildman–Crippen LogP) is 5.03. The second kappa shape index (κ2) is 6.93. The molecule has 0 aliphatic rings. The minimum absolute atomic E-state index is 0.254. The average molecular weight is 361 g/mol. The molecule has 0 atom stereocenters. The van der Waals surface area contributed by atoms with Crippen molar-refractivity contribution in [2.75, 3.05) is 5.32 Å². The van der Waals surface area contributed by atoms with Crippen LogP contribution in [0.3, 0.4) is 0 Å². The van der Waals surface area contributed by atoms with Gasteiger partial charge in [0.05, 0.1) is 17.5 Å². The molecule has 0 fully saturated rings. The van der Waals surface area contributed by atoms with Crippen molar-refractivity contribution in [3.63, 3.8) is 0 Å². The van der Waals surface area contributed by atoms with Crippen LogP contribution in [-0.4, -0.2) is 15.9 Å². The lowest BCUT2D eigenvalue weighted by Gasteiger charge is -2.10. The lowest BCUT2D eigenvalue weighted by Crippen LogP contribution is -2.12. The van der Waals surface area contributed by atoms with Gasteiger partial charge in [-0.3, -0.25) is 15.1 Å². The molecule has 3 aromatic heterocycles. The fraction of sp³-hybridized carbons (Fsp3) is 0.0500. The molecule has 6 heteroatoms. The van der Waals surface area contributed by atoms with Crippen molar-refractivity contribution in [2.24, 2.45) is 0 Å². The zero-order valence-corrected chi connectivity index (χ0v) is 14.8. The molecule has 0 saturated heterocycles. The number of carbonyl (C=O) groups is 1. The van der Waals surface area contributed by atoms with Gasteiger partial charge in [0.15, 0.2) is 5.13 Å². The average Bonchev–Trinajstić information content (AvgIpc) is 3.35. The van der Waals surface area contributed by atoms with E-state index in [0.717, 1.165) is 22.4 Å². The molecule has 0 radical (unpaired) electrons. The molecule has 1 aromatic carbocycles. The van der Waals surface area contributed by atoms with E-state index in [1.807, 2.05) is 42.6 Å². The molecular weight excluding hydrogens is 346 g/mol. The Morgan fingerprint density at radius 2 is 2.08 bits per heavy atom. The fourth-order valence-electron chi connectivity index (χ4n) is 2.69. The molecule has 0 spiro atoms. The van der Waals surface area contributed by atoms with E-state index in [1.165, 1.54) is 11.3 Å². The highest BCUT2D eigenvalue weighted by atomic mass is 32.1. The molecule has 26 heavy (non-hydrogen) atoms. The predicted molar refractivity (Wildman–Crippen MR) is 102 cm³/mol. The van der Waals surface area contributed by atoms with Crippen LogP contribution < -0.4 is 5.32 Å². The van der Waals surface area contributed by atoms with Crippen LogP contribution in [0.5, 0.6) is 0 Å². The minimum Gasteiger partial charge on any atom is -0.464 e. The lowest BCUT2D eigenvalue weighted by molar-refractivity contribution is 0.102. The largest absolute Gasteiger partial charge is 0.464 e. The SMILES string of the molecule is Cc1cccc(-c2ncc(C(=O)Nc3nccs3)cc2-c2ccco2)c1. The molecule has 0 aliphatic carbocycles. The van der Waals surface area contributed by atoms with Gasteiger partial charge in [-0.15, -0.1) is 11.3 Å². The first kappa shape index (κ1) is 16.2. The zero-order chi connectivity index (χ0) is 17.9. The van der Waals surface area contributed by atoms with Gasteiger partial charge < -0.3 is 4.42 Å². The molecule has 4 aromatic rings. The quantitative estimate of drug-likeness (QED) is 0.554. The Balaban J connectivity index is 1.77. The second-order valence-corrected chi connectivity index (χ2v) is 6.65. The maximum absolute atomic E-state index is 12.5. The standard InChI is InChI=1S/C20H15N3O2S/c1-13-4-2-5-14(10-13)18-16(17-6-3-8-25-17)11-15(12-22-18)19(24)23-20-21-7-9-26-20/h2-12H,1H3,(H,21,23,24). The van der Waals surface area contributed by atoms with Crippen LogP contribution in [-0.2, 0) is 0 Å². The van der Waals surface area contributed by atoms with Crippen LogP contribution in [0.2, 0.25) is 0 Å². The number of nitrogens with zero attached hydrogens (tertiary/aromatic N) is 2. The van der Waals surface area contributed by atoms with Gasteiger partial charge >= 0.3 is 0 Å². The molecule has 0 bridgehead atoms. The van der Waals surface area contributed by atoms with Gasteiger partial charge in [0.25, 0.3) is 5.91 Å². The summed E-state index contributed by atoms with van der Waals surface area (Å²) in [7, 11) is 0. The summed E-state index contributed by atoms with van der Waals surface area (Å²) in [6, 6.07) is 13.6. The molecule has 1 amide bonds. The highest BCUT2D eigenvalue weighted by molar-refractivity contribution is 7.13. The minimum atomic E-state index is -0.254. The van der Waals surface area contributed by atoms with E-state index in [9.17, 15) is 4.79 Å². The molecule has 0 unspecified atom stereocenters. The first-order valence-corrected chi connectivity index (χ1v) is 8.90. The summed E-state index contributed by atoms with van der Waals surface area (Å²) in [4.78, 5) is 21.2. The van der Waals surface area contributed by atoms with E-state index in [1.54, 1.807) is 24.7 Å². The van der Waals surface area contributed by atoms with E-state index in [0.29, 0.717) is 16.5 Å². The normalized spacial score (nSPS) is 10.7. The van der Waals surface area contributed by atoms with Crippen LogP contribution in [0.25, 0.3) is 22.6 Å². The van der Waals surface area contributed by atoms with Crippen molar-refractivity contribution in [1.29, 1.82) is 0 Å². The van der Waals surface area contributed by atoms with Crippen LogP contribution >= 0.6 is 11.3 Å². The van der Waals surface area contributed by atoms with Crippen molar-refractivity contribution in [2.45, 2.75) is 6.92 Å². The Labute approximate surface area is 154 Å². The number of aryl methyl sites for hydroxylation is 1. The smallest absolute Gasteiger partial charge is 0.259 e. The first-order valence-electron chi connectivity index (χ1n) is 8.02. The Kier molecular flexibility index (Phi) is 4.33. The number of nitrogens with one attached hydrogen (secondary N) is 1. The lowest BCUT2D eigenvalue weighted by atomic mass is 10.0. The third kappa shape index (κ3) is 3.27. The number of benzene rings is 1. The molecule has 0 aliphatic heterocycles. The summed E-state index contributed by atoms with van der Waals surface area (Å²) in [5.41, 5.74) is 4.11. The monoisotopic (exact) mass is 361 g/mol. The van der Waals surface area contributed by atoms with Crippen molar-refractivity contribution in [1.82, 2.24) is 9.97 Å². The topological polar surface area (TPSA) is 68.0 Å². The summed E-state index contributed by atoms with van der Waals surface area (Å²) in [5.74, 6) is 0.411. The number of thiazole rings is 1. The number of anilines is 1. The molecular formula is C20H15N3O2S. The Bertz CT molecular complexity index is 1040. The number of aromatic nitrogens is 2. The van der Waals surface area contributed by atoms with Crippen LogP contribution in [0.4, 0.5) is 5.13 Å². The zero-order valence-electron chi connectivity index (χ0n) is 14.0. The molecule has 4 rings (SSSR count). The Morgan fingerprint density at radius 3 is 2.81 bits per heavy atom. The van der Waals surface area contributed by atoms with E-state index in [2.05, 4.69) is 21.4 Å². The van der Waals surface area contributed by atoms with Crippen LogP contribution in [0.1, 0.15) is 15.9 Å². The van der Waals surface area contributed by atoms with Gasteiger partial charge in [-0.05, 0) is 31.2 Å². The maximum atomic E-state index is 12.5. The molecule has 5 nitrogen and oxygen atoms in total. The van der Waals surface area contributed by atoms with E-state index < -0.39 is 0 Å². The third-order valence-electron chi connectivity index (χ3n) is 3.88. The summed E-state index contributed by atoms with van der Waals surface area (Å²) >= 11 is 1.37. The number of amides is 1. The highest BCUT2D eigenvalue weighted by Gasteiger charge is 2.16. The van der Waals surface area contributed by atoms with Gasteiger partial charge in [0.1, 0.15) is 5.76 Å². The van der Waals surface area contributed by atoms with Gasteiger partial charge in [-0.1, -0.05) is 23.8 Å². The number of pyridine rings is 1. The summed E-state index contributed by atoms with van der Waals surface area (Å²) < 4.78 is 5.57. The second-order valence-electron chi connectivity index (χ2n) is 5.76. The molecule has 1 N–H and O–H groups in total. The van der Waals surface area contributed by atoms with Crippen molar-refractivity contribution >= 4 is 22.4 Å². The van der Waals surface area contributed by atoms with Crippen LogP contribution in [0.15, 0.2) is 70.9 Å². The number of hydrogen-bond donors (Lipinski definition) is 1. The van der Waals surface area contributed by atoms with Gasteiger partial charge in [-0.25, -0.2) is 4.98 Å². The van der Waals surface area contributed by atoms with Gasteiger partial charge in [0.2, 0.25) is 0 Å². The Hall–Kier alpha value is -3.25. The number of hydrogen-bond acceptors (Lipinski definition) is 5.